The third-order valence-electron chi connectivity index (χ3n) is 4.83. The Labute approximate surface area is 178 Å². The topological polar surface area (TPSA) is 45.1 Å². The Balaban J connectivity index is 1.48. The van der Waals surface area contributed by atoms with Gasteiger partial charge in [-0.05, 0) is 47.6 Å². The molecule has 0 radical (unpaired) electrons. The normalized spacial score (nSPS) is 16.3. The van der Waals surface area contributed by atoms with Gasteiger partial charge >= 0.3 is 0 Å². The number of nitrogens with zero attached hydrogens (tertiary/aromatic N) is 3. The molecule has 4 rings (SSSR count). The molecule has 1 amide bonds. The molecule has 0 saturated heterocycles. The van der Waals surface area contributed by atoms with Crippen LogP contribution in [0.25, 0.3) is 0 Å². The summed E-state index contributed by atoms with van der Waals surface area (Å²) in [5.41, 5.74) is 2.10. The molecule has 0 fully saturated rings. The molecule has 3 heterocycles. The fourth-order valence-corrected chi connectivity index (χ4v) is 5.01. The van der Waals surface area contributed by atoms with Crippen molar-refractivity contribution in [1.82, 2.24) is 9.91 Å². The van der Waals surface area contributed by atoms with Gasteiger partial charge in [-0.1, -0.05) is 24.3 Å². The molecule has 1 aliphatic rings. The lowest BCUT2D eigenvalue weighted by molar-refractivity contribution is -0.134. The van der Waals surface area contributed by atoms with Gasteiger partial charge in [0, 0.05) is 17.8 Å². The Morgan fingerprint density at radius 3 is 2.76 bits per heavy atom. The highest BCUT2D eigenvalue weighted by Crippen LogP contribution is 2.36. The minimum absolute atomic E-state index is 0.0142. The van der Waals surface area contributed by atoms with E-state index in [1.165, 1.54) is 4.88 Å². The molecule has 29 heavy (non-hydrogen) atoms. The predicted molar refractivity (Wildman–Crippen MR) is 119 cm³/mol. The van der Waals surface area contributed by atoms with Crippen molar-refractivity contribution in [2.45, 2.75) is 19.0 Å². The number of thiophene rings is 2. The molecule has 0 spiro atoms. The third kappa shape index (κ3) is 4.58. The lowest BCUT2D eigenvalue weighted by Gasteiger charge is -2.24. The molecule has 7 heteroatoms. The van der Waals surface area contributed by atoms with Crippen molar-refractivity contribution >= 4 is 34.3 Å². The van der Waals surface area contributed by atoms with Crippen molar-refractivity contribution in [2.75, 3.05) is 20.7 Å². The molecule has 1 aliphatic heterocycles. The second kappa shape index (κ2) is 8.90. The van der Waals surface area contributed by atoms with Crippen molar-refractivity contribution in [2.24, 2.45) is 5.10 Å². The van der Waals surface area contributed by atoms with E-state index in [0.717, 1.165) is 28.3 Å². The summed E-state index contributed by atoms with van der Waals surface area (Å²) in [6.45, 7) is 0.974. The van der Waals surface area contributed by atoms with Gasteiger partial charge in [0.2, 0.25) is 0 Å². The smallest absolute Gasteiger partial charge is 0.257 e. The fraction of sp³-hybridized carbons (Fsp3) is 0.273. The van der Waals surface area contributed by atoms with E-state index in [1.54, 1.807) is 34.8 Å². The zero-order valence-electron chi connectivity index (χ0n) is 16.4. The maximum Gasteiger partial charge on any atom is 0.257 e. The van der Waals surface area contributed by atoms with Crippen LogP contribution in [0.15, 0.2) is 64.4 Å². The molecule has 0 bridgehead atoms. The number of carbonyl (C=O) groups is 1. The van der Waals surface area contributed by atoms with E-state index in [4.69, 9.17) is 9.84 Å². The van der Waals surface area contributed by atoms with Gasteiger partial charge < -0.3 is 4.74 Å². The highest BCUT2D eigenvalue weighted by atomic mass is 32.1. The van der Waals surface area contributed by atoms with Crippen molar-refractivity contribution in [1.29, 1.82) is 0 Å². The van der Waals surface area contributed by atoms with Gasteiger partial charge in [-0.2, -0.15) is 5.10 Å². The quantitative estimate of drug-likeness (QED) is 0.554. The van der Waals surface area contributed by atoms with E-state index in [-0.39, 0.29) is 11.9 Å². The minimum Gasteiger partial charge on any atom is -0.497 e. The standard InChI is InChI=1S/C22H23N3O2S2/c1-24(14-16-6-3-7-17(12-16)27-2)15-22(26)25-19(21-9-5-11-29-21)13-18(23-25)20-8-4-10-28-20/h3-12,19H,13-15H2,1-2H3. The second-order valence-corrected chi connectivity index (χ2v) is 8.95. The van der Waals surface area contributed by atoms with Gasteiger partial charge in [0.15, 0.2) is 0 Å². The molecule has 0 N–H and O–H groups in total. The first-order valence-electron chi connectivity index (χ1n) is 9.42. The Morgan fingerprint density at radius 1 is 1.21 bits per heavy atom. The zero-order valence-corrected chi connectivity index (χ0v) is 18.1. The van der Waals surface area contributed by atoms with Gasteiger partial charge in [-0.15, -0.1) is 22.7 Å². The van der Waals surface area contributed by atoms with E-state index in [1.807, 2.05) is 53.7 Å². The van der Waals surface area contributed by atoms with Crippen LogP contribution in [-0.2, 0) is 11.3 Å². The molecule has 1 unspecified atom stereocenters. The molecule has 0 saturated carbocycles. The zero-order chi connectivity index (χ0) is 20.2. The Kier molecular flexibility index (Phi) is 6.08. The van der Waals surface area contributed by atoms with Crippen LogP contribution >= 0.6 is 22.7 Å². The number of hydrazone groups is 1. The van der Waals surface area contributed by atoms with Crippen LogP contribution in [-0.4, -0.2) is 42.2 Å². The van der Waals surface area contributed by atoms with E-state index < -0.39 is 0 Å². The summed E-state index contributed by atoms with van der Waals surface area (Å²) < 4.78 is 5.29. The SMILES string of the molecule is COc1cccc(CN(C)CC(=O)N2N=C(c3cccs3)CC2c2cccs2)c1. The number of hydrogen-bond acceptors (Lipinski definition) is 6. The monoisotopic (exact) mass is 425 g/mol. The van der Waals surface area contributed by atoms with Crippen LogP contribution in [0.4, 0.5) is 0 Å². The number of hydrogen-bond donors (Lipinski definition) is 0. The summed E-state index contributed by atoms with van der Waals surface area (Å²) in [7, 11) is 3.62. The first-order chi connectivity index (χ1) is 14.1. The van der Waals surface area contributed by atoms with Gasteiger partial charge in [-0.25, -0.2) is 5.01 Å². The number of methoxy groups -OCH3 is 1. The van der Waals surface area contributed by atoms with E-state index >= 15 is 0 Å². The Hall–Kier alpha value is -2.48. The van der Waals surface area contributed by atoms with Crippen LogP contribution in [0.1, 0.15) is 27.8 Å². The van der Waals surface area contributed by atoms with Gasteiger partial charge in [0.1, 0.15) is 5.75 Å². The minimum atomic E-state index is -0.0233. The van der Waals surface area contributed by atoms with Gasteiger partial charge in [-0.3, -0.25) is 9.69 Å². The summed E-state index contributed by atoms with van der Waals surface area (Å²) in [6, 6.07) is 16.1. The average Bonchev–Trinajstić information content (AvgIpc) is 3.48. The van der Waals surface area contributed by atoms with Crippen LogP contribution in [0.2, 0.25) is 0 Å². The van der Waals surface area contributed by atoms with E-state index in [0.29, 0.717) is 13.1 Å². The van der Waals surface area contributed by atoms with Crippen molar-refractivity contribution in [3.8, 4) is 5.75 Å². The molecule has 3 aromatic rings. The number of rotatable bonds is 7. The molecular weight excluding hydrogens is 402 g/mol. The first kappa shape index (κ1) is 19.8. The summed E-state index contributed by atoms with van der Waals surface area (Å²) in [5, 5.41) is 10.5. The lowest BCUT2D eigenvalue weighted by atomic mass is 10.1. The summed E-state index contributed by atoms with van der Waals surface area (Å²) in [5.74, 6) is 0.838. The second-order valence-electron chi connectivity index (χ2n) is 7.02. The first-order valence-corrected chi connectivity index (χ1v) is 11.2. The highest BCUT2D eigenvalue weighted by Gasteiger charge is 2.34. The van der Waals surface area contributed by atoms with Crippen LogP contribution < -0.4 is 4.74 Å². The van der Waals surface area contributed by atoms with Crippen molar-refractivity contribution < 1.29 is 9.53 Å². The molecule has 1 aromatic carbocycles. The summed E-state index contributed by atoms with van der Waals surface area (Å²) >= 11 is 3.34. The number of likely N-dealkylation sites (N-methyl/N-ethyl adjacent to an activating group) is 1. The molecule has 5 nitrogen and oxygen atoms in total. The highest BCUT2D eigenvalue weighted by molar-refractivity contribution is 7.12. The number of benzene rings is 1. The molecule has 150 valence electrons. The fourth-order valence-electron chi connectivity index (χ4n) is 3.48. The average molecular weight is 426 g/mol. The van der Waals surface area contributed by atoms with Gasteiger partial charge in [0.05, 0.1) is 30.3 Å². The number of amides is 1. The maximum absolute atomic E-state index is 13.2. The molecule has 0 aliphatic carbocycles. The van der Waals surface area contributed by atoms with Crippen LogP contribution in [0, 0.1) is 0 Å². The number of ether oxygens (including phenoxy) is 1. The summed E-state index contributed by atoms with van der Waals surface area (Å²) in [4.78, 5) is 17.5. The third-order valence-corrected chi connectivity index (χ3v) is 6.73. The van der Waals surface area contributed by atoms with Crippen molar-refractivity contribution in [3.63, 3.8) is 0 Å². The Morgan fingerprint density at radius 2 is 2.03 bits per heavy atom. The maximum atomic E-state index is 13.2. The van der Waals surface area contributed by atoms with E-state index in [9.17, 15) is 4.79 Å². The predicted octanol–water partition coefficient (Wildman–Crippen LogP) is 4.63. The lowest BCUT2D eigenvalue weighted by Crippen LogP contribution is -2.36. The van der Waals surface area contributed by atoms with Crippen molar-refractivity contribution in [3.05, 3.63) is 74.6 Å². The number of carbonyl (C=O) groups excluding carboxylic acids is 1. The molecule has 2 aromatic heterocycles. The largest absolute Gasteiger partial charge is 0.497 e. The Bertz CT molecular complexity index is 983. The van der Waals surface area contributed by atoms with Gasteiger partial charge in [0.25, 0.3) is 5.91 Å². The van der Waals surface area contributed by atoms with E-state index in [2.05, 4.69) is 17.5 Å². The molecule has 1 atom stereocenters. The molecular formula is C22H23N3O2S2. The summed E-state index contributed by atoms with van der Waals surface area (Å²) in [6.07, 6.45) is 0.756. The van der Waals surface area contributed by atoms with Crippen LogP contribution in [0.3, 0.4) is 0 Å². The van der Waals surface area contributed by atoms with Crippen LogP contribution in [0.5, 0.6) is 5.75 Å².